The predicted molar refractivity (Wildman–Crippen MR) is 100.0 cm³/mol. The van der Waals surface area contributed by atoms with E-state index in [4.69, 9.17) is 4.74 Å². The molecule has 0 fully saturated rings. The number of nitrogens with one attached hydrogen (secondary N) is 2. The lowest BCUT2D eigenvalue weighted by Crippen LogP contribution is -2.34. The fraction of sp³-hybridized carbons (Fsp3) is 0.400. The minimum absolute atomic E-state index is 0.0458. The molecular formula is C20H26N2O3. The largest absolute Gasteiger partial charge is 0.483 e. The molecule has 0 aromatic heterocycles. The Morgan fingerprint density at radius 2 is 1.80 bits per heavy atom. The van der Waals surface area contributed by atoms with Gasteiger partial charge in [-0.3, -0.25) is 9.59 Å². The van der Waals surface area contributed by atoms with Gasteiger partial charge in [-0.2, -0.15) is 0 Å². The molecule has 2 aromatic carbocycles. The van der Waals surface area contributed by atoms with E-state index in [1.165, 1.54) is 0 Å². The summed E-state index contributed by atoms with van der Waals surface area (Å²) >= 11 is 0. The number of carbonyl (C=O) groups excluding carboxylic acids is 2. The normalized spacial score (nSPS) is 10.7. The first kappa shape index (κ1) is 18.8. The number of ether oxygens (including phenoxy) is 1. The molecule has 0 radical (unpaired) electrons. The van der Waals surface area contributed by atoms with Gasteiger partial charge in [0.05, 0.1) is 5.56 Å². The maximum atomic E-state index is 12.5. The topological polar surface area (TPSA) is 67.4 Å². The lowest BCUT2D eigenvalue weighted by atomic mass is 10.1. The van der Waals surface area contributed by atoms with Crippen molar-refractivity contribution in [3.63, 3.8) is 0 Å². The predicted octanol–water partition coefficient (Wildman–Crippen LogP) is 3.27. The lowest BCUT2D eigenvalue weighted by molar-refractivity contribution is -0.123. The zero-order chi connectivity index (χ0) is 18.2. The van der Waals surface area contributed by atoms with Crippen LogP contribution < -0.4 is 15.4 Å². The van der Waals surface area contributed by atoms with Crippen LogP contribution in [0.15, 0.2) is 36.4 Å². The van der Waals surface area contributed by atoms with Crippen LogP contribution >= 0.6 is 0 Å². The van der Waals surface area contributed by atoms with Gasteiger partial charge in [-0.25, -0.2) is 0 Å². The maximum absolute atomic E-state index is 12.5. The Kier molecular flexibility index (Phi) is 6.81. The SMILES string of the molecule is CCCCNC(=O)c1cc2ccccc2cc1OCC(=O)NC(C)C. The molecule has 0 unspecified atom stereocenters. The summed E-state index contributed by atoms with van der Waals surface area (Å²) in [6.07, 6.45) is 1.93. The van der Waals surface area contributed by atoms with Gasteiger partial charge in [-0.1, -0.05) is 37.6 Å². The molecule has 0 bridgehead atoms. The second-order valence-corrected chi connectivity index (χ2v) is 6.32. The van der Waals surface area contributed by atoms with Gasteiger partial charge >= 0.3 is 0 Å². The molecule has 134 valence electrons. The van der Waals surface area contributed by atoms with Crippen LogP contribution in [-0.2, 0) is 4.79 Å². The second-order valence-electron chi connectivity index (χ2n) is 6.32. The van der Waals surface area contributed by atoms with Crippen LogP contribution in [0.1, 0.15) is 44.0 Å². The van der Waals surface area contributed by atoms with E-state index in [1.807, 2.05) is 50.2 Å². The molecule has 0 heterocycles. The molecule has 0 aliphatic heterocycles. The van der Waals surface area contributed by atoms with Gasteiger partial charge in [0, 0.05) is 12.6 Å². The van der Waals surface area contributed by atoms with Crippen molar-refractivity contribution in [3.05, 3.63) is 42.0 Å². The third-order valence-electron chi connectivity index (χ3n) is 3.72. The average Bonchev–Trinajstić information content (AvgIpc) is 2.58. The number of hydrogen-bond acceptors (Lipinski definition) is 3. The molecule has 0 spiro atoms. The highest BCUT2D eigenvalue weighted by molar-refractivity contribution is 6.01. The van der Waals surface area contributed by atoms with Crippen LogP contribution in [0.2, 0.25) is 0 Å². The van der Waals surface area contributed by atoms with Crippen molar-refractivity contribution in [1.82, 2.24) is 10.6 Å². The first-order valence-corrected chi connectivity index (χ1v) is 8.74. The third kappa shape index (κ3) is 5.48. The molecular weight excluding hydrogens is 316 g/mol. The van der Waals surface area contributed by atoms with E-state index in [0.29, 0.717) is 17.9 Å². The zero-order valence-corrected chi connectivity index (χ0v) is 15.1. The molecule has 5 heteroatoms. The van der Waals surface area contributed by atoms with E-state index in [1.54, 1.807) is 0 Å². The molecule has 2 N–H and O–H groups in total. The molecule has 0 aliphatic carbocycles. The summed E-state index contributed by atoms with van der Waals surface area (Å²) in [6.45, 7) is 6.35. The van der Waals surface area contributed by atoms with Gasteiger partial charge in [-0.05, 0) is 43.2 Å². The Labute approximate surface area is 148 Å². The van der Waals surface area contributed by atoms with Crippen LogP contribution in [0.5, 0.6) is 5.75 Å². The fourth-order valence-electron chi connectivity index (χ4n) is 2.50. The Balaban J connectivity index is 2.23. The summed E-state index contributed by atoms with van der Waals surface area (Å²) in [4.78, 5) is 24.4. The first-order chi connectivity index (χ1) is 12.0. The molecule has 2 aromatic rings. The Morgan fingerprint density at radius 3 is 2.44 bits per heavy atom. The first-order valence-electron chi connectivity index (χ1n) is 8.74. The van der Waals surface area contributed by atoms with Crippen LogP contribution in [0.3, 0.4) is 0 Å². The van der Waals surface area contributed by atoms with E-state index in [2.05, 4.69) is 17.6 Å². The summed E-state index contributed by atoms with van der Waals surface area (Å²) in [5.41, 5.74) is 0.451. The summed E-state index contributed by atoms with van der Waals surface area (Å²) in [5.74, 6) is 0.0329. The molecule has 0 aliphatic rings. The van der Waals surface area contributed by atoms with Crippen LogP contribution in [0, 0.1) is 0 Å². The number of benzene rings is 2. The third-order valence-corrected chi connectivity index (χ3v) is 3.72. The van der Waals surface area contributed by atoms with E-state index in [9.17, 15) is 9.59 Å². The highest BCUT2D eigenvalue weighted by atomic mass is 16.5. The van der Waals surface area contributed by atoms with Crippen molar-refractivity contribution in [2.45, 2.75) is 39.7 Å². The van der Waals surface area contributed by atoms with Gasteiger partial charge in [0.1, 0.15) is 5.75 Å². The van der Waals surface area contributed by atoms with Crippen LogP contribution in [0.25, 0.3) is 10.8 Å². The highest BCUT2D eigenvalue weighted by Gasteiger charge is 2.15. The quantitative estimate of drug-likeness (QED) is 0.724. The number of hydrogen-bond donors (Lipinski definition) is 2. The number of unbranched alkanes of at least 4 members (excludes halogenated alkanes) is 1. The monoisotopic (exact) mass is 342 g/mol. The highest BCUT2D eigenvalue weighted by Crippen LogP contribution is 2.26. The second kappa shape index (κ2) is 9.06. The summed E-state index contributed by atoms with van der Waals surface area (Å²) in [6, 6.07) is 11.4. The van der Waals surface area contributed by atoms with Crippen LogP contribution in [0.4, 0.5) is 0 Å². The number of carbonyl (C=O) groups is 2. The molecule has 5 nitrogen and oxygen atoms in total. The van der Waals surface area contributed by atoms with Crippen molar-refractivity contribution < 1.29 is 14.3 Å². The minimum Gasteiger partial charge on any atom is -0.483 e. The van der Waals surface area contributed by atoms with Gasteiger partial charge in [-0.15, -0.1) is 0 Å². The summed E-state index contributed by atoms with van der Waals surface area (Å²) in [7, 11) is 0. The molecule has 0 atom stereocenters. The lowest BCUT2D eigenvalue weighted by Gasteiger charge is -2.14. The number of amides is 2. The van der Waals surface area contributed by atoms with Crippen molar-refractivity contribution in [1.29, 1.82) is 0 Å². The average molecular weight is 342 g/mol. The number of rotatable bonds is 8. The molecule has 0 saturated carbocycles. The van der Waals surface area contributed by atoms with Gasteiger partial charge < -0.3 is 15.4 Å². The van der Waals surface area contributed by atoms with E-state index < -0.39 is 0 Å². The smallest absolute Gasteiger partial charge is 0.258 e. The van der Waals surface area contributed by atoms with Gasteiger partial charge in [0.25, 0.3) is 11.8 Å². The summed E-state index contributed by atoms with van der Waals surface area (Å²) in [5, 5.41) is 7.61. The Morgan fingerprint density at radius 1 is 1.12 bits per heavy atom. The Bertz CT molecular complexity index is 741. The van der Waals surface area contributed by atoms with E-state index in [0.717, 1.165) is 23.6 Å². The van der Waals surface area contributed by atoms with Gasteiger partial charge in [0.2, 0.25) is 0 Å². The van der Waals surface area contributed by atoms with Crippen molar-refractivity contribution in [2.75, 3.05) is 13.2 Å². The summed E-state index contributed by atoms with van der Waals surface area (Å²) < 4.78 is 5.66. The standard InChI is InChI=1S/C20H26N2O3/c1-4-5-10-21-20(24)17-11-15-8-6-7-9-16(15)12-18(17)25-13-19(23)22-14(2)3/h6-9,11-12,14H,4-5,10,13H2,1-3H3,(H,21,24)(H,22,23). The molecule has 2 rings (SSSR count). The van der Waals surface area contributed by atoms with Gasteiger partial charge in [0.15, 0.2) is 6.61 Å². The molecule has 0 saturated heterocycles. The maximum Gasteiger partial charge on any atom is 0.258 e. The van der Waals surface area contributed by atoms with Crippen molar-refractivity contribution >= 4 is 22.6 Å². The minimum atomic E-state index is -0.208. The van der Waals surface area contributed by atoms with E-state index >= 15 is 0 Å². The van der Waals surface area contributed by atoms with Crippen molar-refractivity contribution in [3.8, 4) is 5.75 Å². The molecule has 25 heavy (non-hydrogen) atoms. The Hall–Kier alpha value is -2.56. The number of fused-ring (bicyclic) bond motifs is 1. The van der Waals surface area contributed by atoms with E-state index in [-0.39, 0.29) is 24.5 Å². The zero-order valence-electron chi connectivity index (χ0n) is 15.1. The van der Waals surface area contributed by atoms with Crippen LogP contribution in [-0.4, -0.2) is 31.0 Å². The molecule has 2 amide bonds. The van der Waals surface area contributed by atoms with Crippen molar-refractivity contribution in [2.24, 2.45) is 0 Å². The fourth-order valence-corrected chi connectivity index (χ4v) is 2.50.